The fourth-order valence-corrected chi connectivity index (χ4v) is 3.48. The smallest absolute Gasteiger partial charge is 0.434 e. The number of hydrogen-bond acceptors (Lipinski definition) is 3. The molecular formula is C25H20F3N3O2. The lowest BCUT2D eigenvalue weighted by atomic mass is 10.0. The van der Waals surface area contributed by atoms with Gasteiger partial charge in [-0.25, -0.2) is 4.68 Å². The molecule has 8 heteroatoms. The SMILES string of the molecule is COc1ccc(-n2ncc(C(=O)NCc3cccc(-c4ccccc4)c3)c2C(F)(F)F)cc1. The summed E-state index contributed by atoms with van der Waals surface area (Å²) in [5.41, 5.74) is 1.20. The molecule has 0 spiro atoms. The van der Waals surface area contributed by atoms with E-state index >= 15 is 0 Å². The summed E-state index contributed by atoms with van der Waals surface area (Å²) in [6.45, 7) is 0.0739. The number of alkyl halides is 3. The highest BCUT2D eigenvalue weighted by molar-refractivity contribution is 5.95. The van der Waals surface area contributed by atoms with Gasteiger partial charge in [-0.05, 0) is 47.0 Å². The average molecular weight is 451 g/mol. The molecule has 5 nitrogen and oxygen atoms in total. The first-order chi connectivity index (χ1) is 15.9. The summed E-state index contributed by atoms with van der Waals surface area (Å²) in [5.74, 6) is -0.359. The number of carbonyl (C=O) groups excluding carboxylic acids is 1. The molecule has 0 bridgehead atoms. The first-order valence-corrected chi connectivity index (χ1v) is 10.1. The van der Waals surface area contributed by atoms with Crippen molar-refractivity contribution in [2.75, 3.05) is 7.11 Å². The van der Waals surface area contributed by atoms with Gasteiger partial charge in [-0.15, -0.1) is 0 Å². The number of benzene rings is 3. The number of nitrogens with one attached hydrogen (secondary N) is 1. The summed E-state index contributed by atoms with van der Waals surface area (Å²) in [7, 11) is 1.46. The van der Waals surface area contributed by atoms with E-state index in [1.54, 1.807) is 6.07 Å². The molecule has 0 fully saturated rings. The molecule has 0 saturated carbocycles. The monoisotopic (exact) mass is 451 g/mol. The van der Waals surface area contributed by atoms with Crippen molar-refractivity contribution >= 4 is 5.91 Å². The molecule has 0 atom stereocenters. The number of nitrogens with zero attached hydrogens (tertiary/aromatic N) is 2. The summed E-state index contributed by atoms with van der Waals surface area (Å²) >= 11 is 0. The number of aromatic nitrogens is 2. The van der Waals surface area contributed by atoms with Gasteiger partial charge < -0.3 is 10.1 Å². The van der Waals surface area contributed by atoms with Gasteiger partial charge >= 0.3 is 6.18 Å². The second-order valence-corrected chi connectivity index (χ2v) is 7.26. The van der Waals surface area contributed by atoms with Gasteiger partial charge in [0.15, 0.2) is 5.69 Å². The van der Waals surface area contributed by atoms with Gasteiger partial charge in [0, 0.05) is 6.54 Å². The molecule has 1 heterocycles. The highest BCUT2D eigenvalue weighted by atomic mass is 19.4. The molecule has 0 aliphatic rings. The van der Waals surface area contributed by atoms with Gasteiger partial charge in [0.1, 0.15) is 5.75 Å². The average Bonchev–Trinajstić information content (AvgIpc) is 3.29. The summed E-state index contributed by atoms with van der Waals surface area (Å²) < 4.78 is 47.4. The van der Waals surface area contributed by atoms with E-state index in [0.29, 0.717) is 10.4 Å². The molecule has 0 aliphatic carbocycles. The van der Waals surface area contributed by atoms with Crippen LogP contribution in [0.4, 0.5) is 13.2 Å². The molecule has 168 valence electrons. The van der Waals surface area contributed by atoms with Crippen LogP contribution in [0.3, 0.4) is 0 Å². The fourth-order valence-electron chi connectivity index (χ4n) is 3.48. The Labute approximate surface area is 188 Å². The summed E-state index contributed by atoms with van der Waals surface area (Å²) in [4.78, 5) is 12.7. The van der Waals surface area contributed by atoms with Crippen molar-refractivity contribution in [2.45, 2.75) is 12.7 Å². The molecule has 0 unspecified atom stereocenters. The van der Waals surface area contributed by atoms with E-state index < -0.39 is 23.3 Å². The van der Waals surface area contributed by atoms with Crippen LogP contribution < -0.4 is 10.1 Å². The van der Waals surface area contributed by atoms with Crippen molar-refractivity contribution in [3.63, 3.8) is 0 Å². The first-order valence-electron chi connectivity index (χ1n) is 10.1. The van der Waals surface area contributed by atoms with E-state index in [1.807, 2.05) is 48.5 Å². The number of halogens is 3. The molecule has 3 aromatic carbocycles. The minimum atomic E-state index is -4.78. The van der Waals surface area contributed by atoms with Gasteiger partial charge in [0.05, 0.1) is 24.6 Å². The van der Waals surface area contributed by atoms with Gasteiger partial charge in [0.25, 0.3) is 5.91 Å². The van der Waals surface area contributed by atoms with Crippen LogP contribution in [-0.4, -0.2) is 22.8 Å². The normalized spacial score (nSPS) is 11.3. The van der Waals surface area contributed by atoms with E-state index in [2.05, 4.69) is 10.4 Å². The van der Waals surface area contributed by atoms with Crippen LogP contribution >= 0.6 is 0 Å². The number of methoxy groups -OCH3 is 1. The molecule has 4 rings (SSSR count). The maximum Gasteiger partial charge on any atom is 0.434 e. The van der Waals surface area contributed by atoms with Crippen molar-refractivity contribution in [3.05, 3.63) is 102 Å². The van der Waals surface area contributed by atoms with Crippen molar-refractivity contribution in [3.8, 4) is 22.6 Å². The zero-order valence-corrected chi connectivity index (χ0v) is 17.6. The lowest BCUT2D eigenvalue weighted by Gasteiger charge is -2.13. The van der Waals surface area contributed by atoms with Crippen LogP contribution in [0.1, 0.15) is 21.6 Å². The molecule has 1 amide bonds. The molecule has 0 saturated heterocycles. The van der Waals surface area contributed by atoms with Crippen molar-refractivity contribution in [1.82, 2.24) is 15.1 Å². The predicted octanol–water partition coefficient (Wildman–Crippen LogP) is 5.50. The lowest BCUT2D eigenvalue weighted by Crippen LogP contribution is -2.26. The van der Waals surface area contributed by atoms with E-state index in [1.165, 1.54) is 31.4 Å². The molecule has 4 aromatic rings. The lowest BCUT2D eigenvalue weighted by molar-refractivity contribution is -0.143. The van der Waals surface area contributed by atoms with E-state index in [0.717, 1.165) is 22.9 Å². The van der Waals surface area contributed by atoms with Crippen LogP contribution in [-0.2, 0) is 12.7 Å². The number of carbonyl (C=O) groups is 1. The Kier molecular flexibility index (Phi) is 6.17. The van der Waals surface area contributed by atoms with Crippen molar-refractivity contribution in [1.29, 1.82) is 0 Å². The Morgan fingerprint density at radius 3 is 2.33 bits per heavy atom. The van der Waals surface area contributed by atoms with Gasteiger partial charge in [-0.1, -0.05) is 48.5 Å². The minimum absolute atomic E-state index is 0.0739. The van der Waals surface area contributed by atoms with Gasteiger partial charge in [0.2, 0.25) is 0 Å². The second-order valence-electron chi connectivity index (χ2n) is 7.26. The Bertz CT molecular complexity index is 1250. The maximum atomic E-state index is 13.9. The van der Waals surface area contributed by atoms with E-state index in [-0.39, 0.29) is 12.2 Å². The zero-order valence-electron chi connectivity index (χ0n) is 17.6. The maximum absolute atomic E-state index is 13.9. The molecule has 33 heavy (non-hydrogen) atoms. The summed E-state index contributed by atoms with van der Waals surface area (Å²) in [6.07, 6.45) is -3.85. The van der Waals surface area contributed by atoms with Crippen LogP contribution in [0.5, 0.6) is 5.75 Å². The molecule has 0 radical (unpaired) electrons. The Morgan fingerprint density at radius 2 is 1.67 bits per heavy atom. The Morgan fingerprint density at radius 1 is 0.970 bits per heavy atom. The standard InChI is InChI=1S/C25H20F3N3O2/c1-33-21-12-10-20(11-13-21)31-23(25(26,27)28)22(16-30-31)24(32)29-15-17-6-5-9-19(14-17)18-7-3-2-4-8-18/h2-14,16H,15H2,1H3,(H,29,32). The third-order valence-electron chi connectivity index (χ3n) is 5.09. The third kappa shape index (κ3) is 4.90. The van der Waals surface area contributed by atoms with Crippen LogP contribution in [0.15, 0.2) is 85.1 Å². The largest absolute Gasteiger partial charge is 0.497 e. The summed E-state index contributed by atoms with van der Waals surface area (Å²) in [5, 5.41) is 6.41. The van der Waals surface area contributed by atoms with Crippen LogP contribution in [0, 0.1) is 0 Å². The second kappa shape index (κ2) is 9.20. The highest BCUT2D eigenvalue weighted by Crippen LogP contribution is 2.34. The number of hydrogen-bond donors (Lipinski definition) is 1. The van der Waals surface area contributed by atoms with Gasteiger partial charge in [-0.2, -0.15) is 18.3 Å². The van der Waals surface area contributed by atoms with Gasteiger partial charge in [-0.3, -0.25) is 4.79 Å². The van der Waals surface area contributed by atoms with E-state index in [9.17, 15) is 18.0 Å². The minimum Gasteiger partial charge on any atom is -0.497 e. The molecular weight excluding hydrogens is 431 g/mol. The number of ether oxygens (including phenoxy) is 1. The molecule has 1 aromatic heterocycles. The first kappa shape index (κ1) is 22.1. The Hall–Kier alpha value is -4.07. The fraction of sp³-hybridized carbons (Fsp3) is 0.120. The topological polar surface area (TPSA) is 56.2 Å². The van der Waals surface area contributed by atoms with E-state index in [4.69, 9.17) is 4.74 Å². The van der Waals surface area contributed by atoms with Crippen LogP contribution in [0.25, 0.3) is 16.8 Å². The molecule has 0 aliphatic heterocycles. The van der Waals surface area contributed by atoms with Crippen molar-refractivity contribution in [2.24, 2.45) is 0 Å². The Balaban J connectivity index is 1.57. The van der Waals surface area contributed by atoms with Crippen LogP contribution in [0.2, 0.25) is 0 Å². The predicted molar refractivity (Wildman–Crippen MR) is 118 cm³/mol. The number of amides is 1. The quantitative estimate of drug-likeness (QED) is 0.421. The zero-order chi connectivity index (χ0) is 23.4. The summed E-state index contributed by atoms with van der Waals surface area (Å²) in [6, 6.07) is 23.1. The van der Waals surface area contributed by atoms with Crippen molar-refractivity contribution < 1.29 is 22.7 Å². The highest BCUT2D eigenvalue weighted by Gasteiger charge is 2.40. The third-order valence-corrected chi connectivity index (χ3v) is 5.09. The number of rotatable bonds is 6. The molecule has 1 N–H and O–H groups in total.